The molecule has 4 heterocycles. The summed E-state index contributed by atoms with van der Waals surface area (Å²) in [7, 11) is -4.00. The molecule has 3 aromatic heterocycles. The van der Waals surface area contributed by atoms with Gasteiger partial charge < -0.3 is 20.6 Å². The Morgan fingerprint density at radius 1 is 1.25 bits per heavy atom. The number of rotatable bonds is 5. The highest BCUT2D eigenvalue weighted by atomic mass is 32.2. The maximum absolute atomic E-state index is 13.6. The molecule has 190 valence electrons. The Hall–Kier alpha value is -3.81. The number of hydrogen-bond acceptors (Lipinski definition) is 6. The first-order valence-corrected chi connectivity index (χ1v) is 12.5. The van der Waals surface area contributed by atoms with Crippen LogP contribution in [0.4, 0.5) is 18.0 Å². The molecular formula is C22H22F3N7O3S. The van der Waals surface area contributed by atoms with Gasteiger partial charge in [0.15, 0.2) is 5.03 Å². The lowest BCUT2D eigenvalue weighted by Crippen LogP contribution is -2.46. The molecule has 0 spiro atoms. The Morgan fingerprint density at radius 2 is 2.03 bits per heavy atom. The van der Waals surface area contributed by atoms with E-state index in [1.54, 1.807) is 47.4 Å². The molecule has 0 radical (unpaired) electrons. The summed E-state index contributed by atoms with van der Waals surface area (Å²) < 4.78 is 66.0. The number of carbonyl (C=O) groups excluding carboxylic acids is 1. The number of aromatic nitrogens is 4. The molecule has 0 aliphatic carbocycles. The van der Waals surface area contributed by atoms with Crippen LogP contribution in [-0.4, -0.2) is 65.9 Å². The summed E-state index contributed by atoms with van der Waals surface area (Å²) in [6.45, 7) is 1.04. The Balaban J connectivity index is 1.48. The van der Waals surface area contributed by atoms with Crippen molar-refractivity contribution >= 4 is 37.9 Å². The van der Waals surface area contributed by atoms with Crippen LogP contribution in [0.1, 0.15) is 12.0 Å². The zero-order valence-corrected chi connectivity index (χ0v) is 19.8. The molecule has 5 rings (SSSR count). The number of pyridine rings is 1. The lowest BCUT2D eigenvalue weighted by molar-refractivity contribution is -0.122. The van der Waals surface area contributed by atoms with Gasteiger partial charge in [0.2, 0.25) is 9.84 Å². The average Bonchev–Trinajstić information content (AvgIpc) is 3.55. The zero-order chi connectivity index (χ0) is 25.7. The molecule has 1 aliphatic rings. The number of halogens is 3. The van der Waals surface area contributed by atoms with Crippen molar-refractivity contribution in [3.05, 3.63) is 48.4 Å². The van der Waals surface area contributed by atoms with Crippen LogP contribution in [-0.2, 0) is 9.84 Å². The van der Waals surface area contributed by atoms with Crippen molar-refractivity contribution in [3.63, 3.8) is 0 Å². The number of fused-ring (bicyclic) bond motifs is 3. The molecule has 0 bridgehead atoms. The first kappa shape index (κ1) is 23.9. The van der Waals surface area contributed by atoms with E-state index in [4.69, 9.17) is 0 Å². The van der Waals surface area contributed by atoms with Crippen molar-refractivity contribution in [1.82, 2.24) is 30.3 Å². The zero-order valence-electron chi connectivity index (χ0n) is 19.0. The van der Waals surface area contributed by atoms with Gasteiger partial charge in [0.25, 0.3) is 0 Å². The SMILES string of the molecule is Cc1ccccc1S(=O)(=O)c1nc2[nH]ccc2c2c1ncn2N1CC[C@@H](NC(=O)NCC(F)(F)F)C1. The fourth-order valence-corrected chi connectivity index (χ4v) is 5.96. The molecule has 1 saturated heterocycles. The van der Waals surface area contributed by atoms with Crippen LogP contribution in [0, 0.1) is 6.92 Å². The number of imidazole rings is 1. The van der Waals surface area contributed by atoms with Crippen LogP contribution < -0.4 is 15.6 Å². The number of carbonyl (C=O) groups is 1. The van der Waals surface area contributed by atoms with Crippen LogP contribution in [0.25, 0.3) is 22.1 Å². The minimum atomic E-state index is -4.50. The van der Waals surface area contributed by atoms with E-state index in [-0.39, 0.29) is 15.4 Å². The van der Waals surface area contributed by atoms with Gasteiger partial charge in [-0.3, -0.25) is 0 Å². The summed E-state index contributed by atoms with van der Waals surface area (Å²) in [5.74, 6) is 0. The molecule has 1 aromatic carbocycles. The standard InChI is InChI=1S/C22H22F3N7O3S/c1-13-4-2-3-5-16(13)36(34,35)20-17-18(15-6-8-26-19(15)30-20)32(12-28-17)31-9-7-14(10-31)29-21(33)27-11-22(23,24)25/h2-6,8,12,14H,7,9-11H2,1H3,(H,26,30)(H2,27,29,33)/t14-/m1/s1. The molecule has 1 atom stereocenters. The maximum Gasteiger partial charge on any atom is 0.405 e. The van der Waals surface area contributed by atoms with Gasteiger partial charge in [-0.25, -0.2) is 27.9 Å². The van der Waals surface area contributed by atoms with Crippen LogP contribution in [0.2, 0.25) is 0 Å². The highest BCUT2D eigenvalue weighted by Gasteiger charge is 2.32. The van der Waals surface area contributed by atoms with Gasteiger partial charge in [-0.2, -0.15) is 13.2 Å². The van der Waals surface area contributed by atoms with Gasteiger partial charge in [-0.1, -0.05) is 18.2 Å². The molecule has 0 unspecified atom stereocenters. The van der Waals surface area contributed by atoms with E-state index in [9.17, 15) is 26.4 Å². The number of sulfone groups is 1. The number of aryl methyl sites for hydroxylation is 1. The molecule has 36 heavy (non-hydrogen) atoms. The molecule has 4 aromatic rings. The van der Waals surface area contributed by atoms with E-state index in [0.29, 0.717) is 41.6 Å². The third-order valence-electron chi connectivity index (χ3n) is 6.04. The second-order valence-corrected chi connectivity index (χ2v) is 10.4. The van der Waals surface area contributed by atoms with Gasteiger partial charge in [0.1, 0.15) is 29.6 Å². The van der Waals surface area contributed by atoms with Crippen molar-refractivity contribution in [2.45, 2.75) is 35.5 Å². The van der Waals surface area contributed by atoms with Crippen molar-refractivity contribution in [2.75, 3.05) is 24.6 Å². The summed E-state index contributed by atoms with van der Waals surface area (Å²) in [4.78, 5) is 23.8. The highest BCUT2D eigenvalue weighted by molar-refractivity contribution is 7.91. The second kappa shape index (κ2) is 8.69. The third kappa shape index (κ3) is 4.32. The normalized spacial score (nSPS) is 16.7. The minimum absolute atomic E-state index is 0.134. The van der Waals surface area contributed by atoms with Gasteiger partial charge in [-0.05, 0) is 31.0 Å². The molecule has 14 heteroatoms. The summed E-state index contributed by atoms with van der Waals surface area (Å²) in [6.07, 6.45) is -0.879. The summed E-state index contributed by atoms with van der Waals surface area (Å²) >= 11 is 0. The van der Waals surface area contributed by atoms with Gasteiger partial charge in [-0.15, -0.1) is 0 Å². The average molecular weight is 522 g/mol. The lowest BCUT2D eigenvalue weighted by Gasteiger charge is -2.21. The topological polar surface area (TPSA) is 125 Å². The van der Waals surface area contributed by atoms with E-state index in [1.807, 2.05) is 5.01 Å². The van der Waals surface area contributed by atoms with E-state index in [2.05, 4.69) is 20.3 Å². The first-order valence-electron chi connectivity index (χ1n) is 11.1. The number of alkyl halides is 3. The fourth-order valence-electron chi connectivity index (χ4n) is 4.38. The summed E-state index contributed by atoms with van der Waals surface area (Å²) in [5.41, 5.74) is 1.67. The van der Waals surface area contributed by atoms with Crippen molar-refractivity contribution in [1.29, 1.82) is 0 Å². The second-order valence-electron chi connectivity index (χ2n) is 8.55. The minimum Gasteiger partial charge on any atom is -0.346 e. The molecular weight excluding hydrogens is 499 g/mol. The Labute approximate surface area is 203 Å². The number of hydrogen-bond donors (Lipinski definition) is 3. The van der Waals surface area contributed by atoms with Crippen LogP contribution >= 0.6 is 0 Å². The van der Waals surface area contributed by atoms with Crippen molar-refractivity contribution < 1.29 is 26.4 Å². The molecule has 1 aliphatic heterocycles. The summed E-state index contributed by atoms with van der Waals surface area (Å²) in [5, 5.41) is 6.67. The smallest absolute Gasteiger partial charge is 0.346 e. The first-order chi connectivity index (χ1) is 17.0. The predicted molar refractivity (Wildman–Crippen MR) is 125 cm³/mol. The van der Waals surface area contributed by atoms with E-state index in [0.717, 1.165) is 0 Å². The Morgan fingerprint density at radius 3 is 2.78 bits per heavy atom. The third-order valence-corrected chi connectivity index (χ3v) is 7.87. The molecule has 3 N–H and O–H groups in total. The van der Waals surface area contributed by atoms with Crippen LogP contribution in [0.3, 0.4) is 0 Å². The van der Waals surface area contributed by atoms with Crippen LogP contribution in [0.15, 0.2) is 52.8 Å². The Kier molecular flexibility index (Phi) is 5.77. The number of nitrogens with zero attached hydrogens (tertiary/aromatic N) is 4. The van der Waals surface area contributed by atoms with Gasteiger partial charge in [0, 0.05) is 18.1 Å². The number of nitrogens with one attached hydrogen (secondary N) is 3. The van der Waals surface area contributed by atoms with E-state index in [1.165, 1.54) is 12.4 Å². The lowest BCUT2D eigenvalue weighted by atomic mass is 10.2. The molecule has 10 nitrogen and oxygen atoms in total. The van der Waals surface area contributed by atoms with Gasteiger partial charge >= 0.3 is 12.2 Å². The number of urea groups is 1. The quantitative estimate of drug-likeness (QED) is 0.371. The number of aromatic amines is 1. The van der Waals surface area contributed by atoms with E-state index >= 15 is 0 Å². The molecule has 0 saturated carbocycles. The van der Waals surface area contributed by atoms with Crippen LogP contribution in [0.5, 0.6) is 0 Å². The van der Waals surface area contributed by atoms with Crippen molar-refractivity contribution in [3.8, 4) is 0 Å². The fraction of sp³-hybridized carbons (Fsp3) is 0.318. The van der Waals surface area contributed by atoms with Gasteiger partial charge in [0.05, 0.1) is 17.5 Å². The number of H-pyrrole nitrogens is 1. The number of benzene rings is 1. The predicted octanol–water partition coefficient (Wildman–Crippen LogP) is 2.63. The highest BCUT2D eigenvalue weighted by Crippen LogP contribution is 2.32. The maximum atomic E-state index is 13.6. The summed E-state index contributed by atoms with van der Waals surface area (Å²) in [6, 6.07) is 7.08. The molecule has 2 amide bonds. The molecule has 1 fully saturated rings. The number of amides is 2. The largest absolute Gasteiger partial charge is 0.405 e. The van der Waals surface area contributed by atoms with E-state index < -0.39 is 34.6 Å². The Bertz CT molecular complexity index is 1560. The monoisotopic (exact) mass is 521 g/mol. The van der Waals surface area contributed by atoms with Crippen molar-refractivity contribution in [2.24, 2.45) is 0 Å².